The topological polar surface area (TPSA) is 81.5 Å². The summed E-state index contributed by atoms with van der Waals surface area (Å²) in [7, 11) is 0. The minimum atomic E-state index is -0.482. The third-order valence-corrected chi connectivity index (χ3v) is 3.68. The third-order valence-electron chi connectivity index (χ3n) is 3.68. The lowest BCUT2D eigenvalue weighted by Gasteiger charge is -2.14. The smallest absolute Gasteiger partial charge is 0.269 e. The highest BCUT2D eigenvalue weighted by Crippen LogP contribution is 2.23. The second-order valence-corrected chi connectivity index (χ2v) is 5.25. The second kappa shape index (κ2) is 8.10. The van der Waals surface area contributed by atoms with Gasteiger partial charge < -0.3 is 10.1 Å². The lowest BCUT2D eigenvalue weighted by Crippen LogP contribution is -2.21. The fourth-order valence-electron chi connectivity index (χ4n) is 2.39. The first-order valence-corrected chi connectivity index (χ1v) is 7.83. The first kappa shape index (κ1) is 17.5. The van der Waals surface area contributed by atoms with E-state index in [4.69, 9.17) is 4.74 Å². The van der Waals surface area contributed by atoms with Crippen LogP contribution in [0.25, 0.3) is 0 Å². The van der Waals surface area contributed by atoms with E-state index in [0.29, 0.717) is 5.75 Å². The molecule has 0 aliphatic carbocycles. The zero-order valence-corrected chi connectivity index (χ0v) is 13.7. The Balaban J connectivity index is 2.00. The van der Waals surface area contributed by atoms with Gasteiger partial charge >= 0.3 is 0 Å². The van der Waals surface area contributed by atoms with Gasteiger partial charge in [-0.1, -0.05) is 32.0 Å². The summed E-state index contributed by atoms with van der Waals surface area (Å²) in [6.45, 7) is 3.93. The molecule has 0 bridgehead atoms. The SMILES string of the molecule is CCc1cccc(CC)c1NC(=O)COc1ccc([N+](=O)[O-])cc1. The number of nitro benzene ring substituents is 1. The number of ether oxygens (including phenoxy) is 1. The van der Waals surface area contributed by atoms with Crippen molar-refractivity contribution < 1.29 is 14.5 Å². The summed E-state index contributed by atoms with van der Waals surface area (Å²) >= 11 is 0. The van der Waals surface area contributed by atoms with Crippen LogP contribution in [-0.4, -0.2) is 17.4 Å². The van der Waals surface area contributed by atoms with Crippen LogP contribution in [0.4, 0.5) is 11.4 Å². The van der Waals surface area contributed by atoms with Gasteiger partial charge in [-0.25, -0.2) is 0 Å². The Bertz CT molecular complexity index is 704. The summed E-state index contributed by atoms with van der Waals surface area (Å²) in [5.74, 6) is 0.152. The Kier molecular flexibility index (Phi) is 5.89. The van der Waals surface area contributed by atoms with Crippen LogP contribution >= 0.6 is 0 Å². The van der Waals surface area contributed by atoms with E-state index in [0.717, 1.165) is 29.7 Å². The van der Waals surface area contributed by atoms with Crippen LogP contribution in [0.3, 0.4) is 0 Å². The van der Waals surface area contributed by atoms with Crippen molar-refractivity contribution in [1.82, 2.24) is 0 Å². The molecule has 126 valence electrons. The lowest BCUT2D eigenvalue weighted by atomic mass is 10.0. The number of aryl methyl sites for hydroxylation is 2. The average Bonchev–Trinajstić information content (AvgIpc) is 2.60. The maximum atomic E-state index is 12.2. The van der Waals surface area contributed by atoms with E-state index in [9.17, 15) is 14.9 Å². The highest BCUT2D eigenvalue weighted by atomic mass is 16.6. The predicted octanol–water partition coefficient (Wildman–Crippen LogP) is 3.74. The molecule has 6 heteroatoms. The molecule has 6 nitrogen and oxygen atoms in total. The lowest BCUT2D eigenvalue weighted by molar-refractivity contribution is -0.384. The van der Waals surface area contributed by atoms with E-state index in [1.54, 1.807) is 0 Å². The standard InChI is InChI=1S/C18H20N2O4/c1-3-13-6-5-7-14(4-2)18(13)19-17(21)12-24-16-10-8-15(9-11-16)20(22)23/h5-11H,3-4,12H2,1-2H3,(H,19,21). The van der Waals surface area contributed by atoms with Gasteiger partial charge in [0.25, 0.3) is 11.6 Å². The average molecular weight is 328 g/mol. The molecule has 2 aromatic carbocycles. The fraction of sp³-hybridized carbons (Fsp3) is 0.278. The summed E-state index contributed by atoms with van der Waals surface area (Å²) in [6.07, 6.45) is 1.65. The number of rotatable bonds is 7. The van der Waals surface area contributed by atoms with Crippen molar-refractivity contribution in [1.29, 1.82) is 0 Å². The monoisotopic (exact) mass is 328 g/mol. The Labute approximate surface area is 140 Å². The molecule has 0 unspecified atom stereocenters. The van der Waals surface area contributed by atoms with Gasteiger partial charge in [0.2, 0.25) is 0 Å². The number of nitro groups is 1. The number of carbonyl (C=O) groups excluding carboxylic acids is 1. The van der Waals surface area contributed by atoms with Gasteiger partial charge in [-0.05, 0) is 36.1 Å². The number of nitrogens with zero attached hydrogens (tertiary/aromatic N) is 1. The van der Waals surface area contributed by atoms with Crippen LogP contribution in [0.1, 0.15) is 25.0 Å². The molecule has 0 atom stereocenters. The van der Waals surface area contributed by atoms with Crippen molar-refractivity contribution in [2.24, 2.45) is 0 Å². The molecule has 1 N–H and O–H groups in total. The first-order valence-electron chi connectivity index (χ1n) is 7.83. The number of para-hydroxylation sites is 1. The number of nitrogens with one attached hydrogen (secondary N) is 1. The van der Waals surface area contributed by atoms with Crippen molar-refractivity contribution in [3.05, 3.63) is 63.7 Å². The van der Waals surface area contributed by atoms with E-state index in [1.807, 2.05) is 32.0 Å². The minimum absolute atomic E-state index is 0.0173. The van der Waals surface area contributed by atoms with Crippen molar-refractivity contribution in [2.75, 3.05) is 11.9 Å². The molecule has 0 spiro atoms. The molecule has 24 heavy (non-hydrogen) atoms. The molecule has 0 fully saturated rings. The van der Waals surface area contributed by atoms with Gasteiger partial charge in [0.05, 0.1) is 4.92 Å². The summed E-state index contributed by atoms with van der Waals surface area (Å²) in [4.78, 5) is 22.3. The molecule has 0 heterocycles. The maximum Gasteiger partial charge on any atom is 0.269 e. The highest BCUT2D eigenvalue weighted by Gasteiger charge is 2.11. The molecule has 0 aromatic heterocycles. The zero-order chi connectivity index (χ0) is 17.5. The van der Waals surface area contributed by atoms with Crippen molar-refractivity contribution in [3.63, 3.8) is 0 Å². The van der Waals surface area contributed by atoms with Crippen molar-refractivity contribution in [3.8, 4) is 5.75 Å². The predicted molar refractivity (Wildman–Crippen MR) is 92.4 cm³/mol. The van der Waals surface area contributed by atoms with Crippen LogP contribution < -0.4 is 10.1 Å². The Morgan fingerprint density at radius 3 is 2.17 bits per heavy atom. The molecule has 0 saturated carbocycles. The van der Waals surface area contributed by atoms with Crippen LogP contribution in [0.15, 0.2) is 42.5 Å². The molecule has 0 radical (unpaired) electrons. The second-order valence-electron chi connectivity index (χ2n) is 5.25. The van der Waals surface area contributed by atoms with E-state index in [2.05, 4.69) is 5.32 Å². The molecular weight excluding hydrogens is 308 g/mol. The summed E-state index contributed by atoms with van der Waals surface area (Å²) < 4.78 is 5.39. The normalized spacial score (nSPS) is 10.2. The Hall–Kier alpha value is -2.89. The molecule has 2 rings (SSSR count). The van der Waals surface area contributed by atoms with E-state index >= 15 is 0 Å². The number of benzene rings is 2. The molecule has 0 saturated heterocycles. The molecule has 0 aliphatic heterocycles. The molecule has 1 amide bonds. The van der Waals surface area contributed by atoms with Gasteiger partial charge in [0.15, 0.2) is 6.61 Å². The summed E-state index contributed by atoms with van der Waals surface area (Å²) in [5, 5.41) is 13.5. The number of amides is 1. The third kappa shape index (κ3) is 4.32. The maximum absolute atomic E-state index is 12.2. The van der Waals surface area contributed by atoms with E-state index < -0.39 is 4.92 Å². The molecule has 2 aromatic rings. The van der Waals surface area contributed by atoms with Gasteiger partial charge in [0.1, 0.15) is 5.75 Å². The number of hydrogen-bond acceptors (Lipinski definition) is 4. The Morgan fingerprint density at radius 2 is 1.67 bits per heavy atom. The van der Waals surface area contributed by atoms with E-state index in [-0.39, 0.29) is 18.2 Å². The summed E-state index contributed by atoms with van der Waals surface area (Å²) in [6, 6.07) is 11.6. The number of non-ortho nitro benzene ring substituents is 1. The zero-order valence-electron chi connectivity index (χ0n) is 13.7. The summed E-state index contributed by atoms with van der Waals surface area (Å²) in [5.41, 5.74) is 2.99. The first-order chi connectivity index (χ1) is 11.5. The van der Waals surface area contributed by atoms with Crippen LogP contribution in [0.5, 0.6) is 5.75 Å². The Morgan fingerprint density at radius 1 is 1.08 bits per heavy atom. The number of hydrogen-bond donors (Lipinski definition) is 1. The van der Waals surface area contributed by atoms with Gasteiger partial charge in [0, 0.05) is 17.8 Å². The number of carbonyl (C=O) groups is 1. The van der Waals surface area contributed by atoms with Crippen molar-refractivity contribution in [2.45, 2.75) is 26.7 Å². The van der Waals surface area contributed by atoms with Gasteiger partial charge in [-0.2, -0.15) is 0 Å². The van der Waals surface area contributed by atoms with Crippen LogP contribution in [-0.2, 0) is 17.6 Å². The van der Waals surface area contributed by atoms with Crippen LogP contribution in [0.2, 0.25) is 0 Å². The highest BCUT2D eigenvalue weighted by molar-refractivity contribution is 5.93. The van der Waals surface area contributed by atoms with Gasteiger partial charge in [-0.3, -0.25) is 14.9 Å². The minimum Gasteiger partial charge on any atom is -0.484 e. The van der Waals surface area contributed by atoms with Gasteiger partial charge in [-0.15, -0.1) is 0 Å². The van der Waals surface area contributed by atoms with E-state index in [1.165, 1.54) is 24.3 Å². The van der Waals surface area contributed by atoms with Crippen LogP contribution in [0, 0.1) is 10.1 Å². The quantitative estimate of drug-likeness (QED) is 0.620. The molecule has 0 aliphatic rings. The largest absolute Gasteiger partial charge is 0.484 e. The fourth-order valence-corrected chi connectivity index (χ4v) is 2.39. The number of anilines is 1. The molecular formula is C18H20N2O4. The van der Waals surface area contributed by atoms with Crippen molar-refractivity contribution >= 4 is 17.3 Å².